The van der Waals surface area contributed by atoms with E-state index in [0.717, 1.165) is 7.11 Å². The van der Waals surface area contributed by atoms with Crippen molar-refractivity contribution in [1.82, 2.24) is 0 Å². The summed E-state index contributed by atoms with van der Waals surface area (Å²) >= 11 is 0. The highest BCUT2D eigenvalue weighted by Crippen LogP contribution is 2.01. The van der Waals surface area contributed by atoms with Gasteiger partial charge in [-0.1, -0.05) is 0 Å². The topological polar surface area (TPSA) is 101 Å². The van der Waals surface area contributed by atoms with Crippen molar-refractivity contribution in [3.8, 4) is 0 Å². The molecule has 0 bridgehead atoms. The van der Waals surface area contributed by atoms with Crippen molar-refractivity contribution < 1.29 is 29.3 Å². The van der Waals surface area contributed by atoms with Gasteiger partial charge in [-0.2, -0.15) is 0 Å². The van der Waals surface area contributed by atoms with Crippen molar-refractivity contribution in [2.45, 2.75) is 6.42 Å². The molecule has 0 aliphatic rings. The molecule has 72 valence electrons. The Labute approximate surface area is 73.4 Å². The van der Waals surface area contributed by atoms with Gasteiger partial charge in [0.15, 0.2) is 0 Å². The number of carboxylic acids is 2. The van der Waals surface area contributed by atoms with Gasteiger partial charge in [-0.25, -0.2) is 9.59 Å². The molecule has 0 spiro atoms. The van der Waals surface area contributed by atoms with E-state index in [4.69, 9.17) is 10.2 Å². The number of hydrogen-bond donors (Lipinski definition) is 2. The molecule has 6 heteroatoms. The molecule has 0 amide bonds. The monoisotopic (exact) mass is 188 g/mol. The third-order valence-corrected chi connectivity index (χ3v) is 1.11. The summed E-state index contributed by atoms with van der Waals surface area (Å²) in [5.74, 6) is -3.66. The number of carboxylic acid groups (broad SMARTS) is 2. The summed E-state index contributed by atoms with van der Waals surface area (Å²) in [6.07, 6.45) is -0.0825. The first kappa shape index (κ1) is 11.2. The molecule has 0 aliphatic carbocycles. The number of ether oxygens (including phenoxy) is 1. The van der Waals surface area contributed by atoms with E-state index in [2.05, 4.69) is 4.74 Å². The van der Waals surface area contributed by atoms with Gasteiger partial charge in [0.2, 0.25) is 0 Å². The molecular weight excluding hydrogens is 180 g/mol. The fourth-order valence-corrected chi connectivity index (χ4v) is 0.552. The first-order valence-electron chi connectivity index (χ1n) is 3.21. The van der Waals surface area contributed by atoms with E-state index in [0.29, 0.717) is 6.08 Å². The molecule has 0 fully saturated rings. The summed E-state index contributed by atoms with van der Waals surface area (Å²) < 4.78 is 4.14. The van der Waals surface area contributed by atoms with Crippen LogP contribution in [0.2, 0.25) is 0 Å². The van der Waals surface area contributed by atoms with Gasteiger partial charge in [0.25, 0.3) is 0 Å². The molecule has 0 saturated heterocycles. The minimum absolute atomic E-state index is 0.514. The van der Waals surface area contributed by atoms with Gasteiger partial charge in [-0.3, -0.25) is 4.79 Å². The lowest BCUT2D eigenvalue weighted by atomic mass is 10.2. The lowest BCUT2D eigenvalue weighted by Gasteiger charge is -1.96. The first-order chi connectivity index (χ1) is 5.97. The largest absolute Gasteiger partial charge is 0.481 e. The number of esters is 1. The van der Waals surface area contributed by atoms with Gasteiger partial charge in [0.05, 0.1) is 19.1 Å². The van der Waals surface area contributed by atoms with Gasteiger partial charge in [-0.15, -0.1) is 0 Å². The summed E-state index contributed by atoms with van der Waals surface area (Å²) in [6, 6.07) is 0. The first-order valence-corrected chi connectivity index (χ1v) is 3.21. The van der Waals surface area contributed by atoms with Crippen LogP contribution < -0.4 is 0 Å². The Morgan fingerprint density at radius 1 is 1.31 bits per heavy atom. The van der Waals surface area contributed by atoms with E-state index in [1.54, 1.807) is 0 Å². The van der Waals surface area contributed by atoms with Crippen LogP contribution in [0.4, 0.5) is 0 Å². The molecule has 0 aromatic heterocycles. The molecule has 6 nitrogen and oxygen atoms in total. The third-order valence-electron chi connectivity index (χ3n) is 1.11. The predicted octanol–water partition coefficient (Wildman–Crippen LogP) is -0.355. The Bertz CT molecular complexity index is 264. The maximum atomic E-state index is 10.6. The lowest BCUT2D eigenvalue weighted by Crippen LogP contribution is -2.09. The van der Waals surface area contributed by atoms with E-state index < -0.39 is 29.9 Å². The van der Waals surface area contributed by atoms with Crippen molar-refractivity contribution >= 4 is 17.9 Å². The summed E-state index contributed by atoms with van der Waals surface area (Å²) in [5, 5.41) is 16.7. The van der Waals surface area contributed by atoms with Gasteiger partial charge in [-0.05, 0) is 0 Å². The summed E-state index contributed by atoms with van der Waals surface area (Å²) in [6.45, 7) is 0. The standard InChI is InChI=1S/C7H8O6/c1-13-6(10)3-4(7(11)12)2-5(8)9/h3H,2H2,1H3,(H,8,9)(H,11,12). The summed E-state index contributed by atoms with van der Waals surface area (Å²) in [4.78, 5) is 31.0. The second-order valence-electron chi connectivity index (χ2n) is 2.07. The number of aliphatic carboxylic acids is 2. The Balaban J connectivity index is 4.60. The highest BCUT2D eigenvalue weighted by molar-refractivity contribution is 5.98. The van der Waals surface area contributed by atoms with Crippen LogP contribution in [0.3, 0.4) is 0 Å². The maximum absolute atomic E-state index is 10.6. The molecule has 0 aromatic carbocycles. The van der Waals surface area contributed by atoms with Crippen molar-refractivity contribution in [1.29, 1.82) is 0 Å². The van der Waals surface area contributed by atoms with Gasteiger partial charge in [0.1, 0.15) is 0 Å². The second kappa shape index (κ2) is 4.91. The normalized spacial score (nSPS) is 10.7. The van der Waals surface area contributed by atoms with E-state index in [-0.39, 0.29) is 0 Å². The molecule has 0 unspecified atom stereocenters. The smallest absolute Gasteiger partial charge is 0.332 e. The summed E-state index contributed by atoms with van der Waals surface area (Å²) in [7, 11) is 1.07. The van der Waals surface area contributed by atoms with Crippen LogP contribution in [-0.4, -0.2) is 35.2 Å². The van der Waals surface area contributed by atoms with Crippen molar-refractivity contribution in [2.24, 2.45) is 0 Å². The van der Waals surface area contributed by atoms with E-state index in [1.165, 1.54) is 0 Å². The van der Waals surface area contributed by atoms with Crippen LogP contribution in [0.5, 0.6) is 0 Å². The number of hydrogen-bond acceptors (Lipinski definition) is 4. The Morgan fingerprint density at radius 2 is 1.85 bits per heavy atom. The Morgan fingerprint density at radius 3 is 2.15 bits per heavy atom. The van der Waals surface area contributed by atoms with Crippen LogP contribution in [0.15, 0.2) is 11.6 Å². The highest BCUT2D eigenvalue weighted by Gasteiger charge is 2.13. The second-order valence-corrected chi connectivity index (χ2v) is 2.07. The van der Waals surface area contributed by atoms with Gasteiger partial charge in [0, 0.05) is 6.08 Å². The van der Waals surface area contributed by atoms with Crippen LogP contribution in [-0.2, 0) is 19.1 Å². The predicted molar refractivity (Wildman–Crippen MR) is 40.0 cm³/mol. The maximum Gasteiger partial charge on any atom is 0.332 e. The third kappa shape index (κ3) is 4.57. The zero-order valence-corrected chi connectivity index (χ0v) is 6.81. The fraction of sp³-hybridized carbons (Fsp3) is 0.286. The van der Waals surface area contributed by atoms with Crippen molar-refractivity contribution in [3.05, 3.63) is 11.6 Å². The fourth-order valence-electron chi connectivity index (χ4n) is 0.552. The molecule has 0 aliphatic heterocycles. The molecule has 0 saturated carbocycles. The number of carbonyl (C=O) groups is 3. The molecule has 2 N–H and O–H groups in total. The summed E-state index contributed by atoms with van der Waals surface area (Å²) in [5.41, 5.74) is -0.514. The molecule has 0 heterocycles. The minimum Gasteiger partial charge on any atom is -0.481 e. The molecule has 0 atom stereocenters. The zero-order valence-electron chi connectivity index (χ0n) is 6.81. The van der Waals surface area contributed by atoms with Gasteiger partial charge < -0.3 is 14.9 Å². The van der Waals surface area contributed by atoms with Crippen molar-refractivity contribution in [2.75, 3.05) is 7.11 Å². The Hall–Kier alpha value is -1.85. The van der Waals surface area contributed by atoms with Crippen molar-refractivity contribution in [3.63, 3.8) is 0 Å². The van der Waals surface area contributed by atoms with Crippen LogP contribution in [0, 0.1) is 0 Å². The van der Waals surface area contributed by atoms with Crippen LogP contribution in [0.1, 0.15) is 6.42 Å². The zero-order chi connectivity index (χ0) is 10.4. The number of rotatable bonds is 4. The van der Waals surface area contributed by atoms with E-state index in [1.807, 2.05) is 0 Å². The molecule has 13 heavy (non-hydrogen) atoms. The average Bonchev–Trinajstić information content (AvgIpc) is 2.02. The highest BCUT2D eigenvalue weighted by atomic mass is 16.5. The minimum atomic E-state index is -1.45. The van der Waals surface area contributed by atoms with E-state index >= 15 is 0 Å². The number of carbonyl (C=O) groups excluding carboxylic acids is 1. The van der Waals surface area contributed by atoms with E-state index in [9.17, 15) is 14.4 Å². The molecule has 0 aromatic rings. The van der Waals surface area contributed by atoms with Crippen LogP contribution in [0.25, 0.3) is 0 Å². The molecular formula is C7H8O6. The molecule has 0 radical (unpaired) electrons. The van der Waals surface area contributed by atoms with Gasteiger partial charge >= 0.3 is 17.9 Å². The average molecular weight is 188 g/mol. The quantitative estimate of drug-likeness (QED) is 0.461. The Kier molecular flexibility index (Phi) is 4.21. The number of methoxy groups -OCH3 is 1. The molecule has 0 rings (SSSR count). The van der Waals surface area contributed by atoms with Crippen LogP contribution >= 0.6 is 0 Å². The SMILES string of the molecule is COC(=O)C=C(CC(=O)O)C(=O)O. The lowest BCUT2D eigenvalue weighted by molar-refractivity contribution is -0.140.